The molecule has 0 amide bonds. The Morgan fingerprint density at radius 1 is 0.583 bits per heavy atom. The van der Waals surface area contributed by atoms with Gasteiger partial charge in [-0.15, -0.1) is 0 Å². The third kappa shape index (κ3) is 8.89. The van der Waals surface area contributed by atoms with Gasteiger partial charge in [0.1, 0.15) is 0 Å². The van der Waals surface area contributed by atoms with E-state index in [9.17, 15) is 16.8 Å². The molecular weight excluding hydrogens is 508 g/mol. The second kappa shape index (κ2) is 14.7. The highest BCUT2D eigenvalue weighted by Crippen LogP contribution is 2.19. The first kappa shape index (κ1) is 30.3. The molecule has 2 N–H and O–H groups in total. The summed E-state index contributed by atoms with van der Waals surface area (Å²) < 4.78 is 66.4. The summed E-state index contributed by atoms with van der Waals surface area (Å²) in [6, 6.07) is 12.8. The molecule has 2 aromatic rings. The van der Waals surface area contributed by atoms with Gasteiger partial charge in [0, 0.05) is 26.2 Å². The first-order chi connectivity index (χ1) is 17.1. The van der Waals surface area contributed by atoms with Gasteiger partial charge in [-0.25, -0.2) is 16.8 Å². The summed E-state index contributed by atoms with van der Waals surface area (Å²) in [5, 5.41) is 17.9. The van der Waals surface area contributed by atoms with Crippen molar-refractivity contribution < 1.29 is 36.5 Å². The average Bonchev–Trinajstić information content (AvgIpc) is 2.85. The molecule has 0 aliphatic rings. The highest BCUT2D eigenvalue weighted by atomic mass is 32.2. The van der Waals surface area contributed by atoms with Crippen molar-refractivity contribution in [3.05, 3.63) is 59.7 Å². The second-order valence-electron chi connectivity index (χ2n) is 8.11. The van der Waals surface area contributed by atoms with Gasteiger partial charge >= 0.3 is 0 Å². The monoisotopic (exact) mass is 544 g/mol. The fourth-order valence-corrected chi connectivity index (χ4v) is 6.14. The van der Waals surface area contributed by atoms with E-state index in [0.717, 1.165) is 11.1 Å². The summed E-state index contributed by atoms with van der Waals surface area (Å²) in [7, 11) is -7.88. The number of hydrogen-bond acceptors (Lipinski definition) is 8. The van der Waals surface area contributed by atoms with Crippen LogP contribution in [0.15, 0.2) is 58.3 Å². The first-order valence-electron chi connectivity index (χ1n) is 11.6. The predicted octanol–water partition coefficient (Wildman–Crippen LogP) is 1.00. The number of hydrogen-bond donors (Lipinski definition) is 2. The minimum atomic E-state index is -3.94. The molecule has 0 saturated heterocycles. The van der Waals surface area contributed by atoms with E-state index in [1.54, 1.807) is 24.3 Å². The third-order valence-corrected chi connectivity index (χ3v) is 9.18. The van der Waals surface area contributed by atoms with E-state index in [-0.39, 0.29) is 75.6 Å². The molecule has 0 bridgehead atoms. The van der Waals surface area contributed by atoms with Gasteiger partial charge in [-0.05, 0) is 38.1 Å². The van der Waals surface area contributed by atoms with Gasteiger partial charge in [-0.3, -0.25) is 0 Å². The fraction of sp³-hybridized carbons (Fsp3) is 0.500. The van der Waals surface area contributed by atoms with E-state index in [0.29, 0.717) is 0 Å². The Morgan fingerprint density at radius 2 is 0.917 bits per heavy atom. The van der Waals surface area contributed by atoms with E-state index in [1.165, 1.54) is 32.9 Å². The standard InChI is InChI=1S/C24H36N2O8S2/c1-21-3-7-23(8-4-21)35(29,30)25(13-17-33-19-15-27)11-12-26(14-18-34-20-16-28)36(31,32)24-9-5-22(2)6-10-24/h3-10,27-28H,11-20H2,1-2H3. The molecule has 0 saturated carbocycles. The maximum Gasteiger partial charge on any atom is 0.243 e. The number of benzene rings is 2. The molecule has 0 atom stereocenters. The van der Waals surface area contributed by atoms with Gasteiger partial charge in [0.25, 0.3) is 0 Å². The predicted molar refractivity (Wildman–Crippen MR) is 136 cm³/mol. The zero-order valence-corrected chi connectivity index (χ0v) is 22.4. The smallest absolute Gasteiger partial charge is 0.243 e. The van der Waals surface area contributed by atoms with Crippen LogP contribution in [0.2, 0.25) is 0 Å². The molecule has 0 radical (unpaired) electrons. The van der Waals surface area contributed by atoms with Crippen LogP contribution >= 0.6 is 0 Å². The van der Waals surface area contributed by atoms with Crippen molar-refractivity contribution >= 4 is 20.0 Å². The van der Waals surface area contributed by atoms with Crippen LogP contribution in [-0.2, 0) is 29.5 Å². The number of sulfonamides is 2. The van der Waals surface area contributed by atoms with Crippen molar-refractivity contribution in [1.29, 1.82) is 0 Å². The number of nitrogens with zero attached hydrogens (tertiary/aromatic N) is 2. The molecular formula is C24H36N2O8S2. The summed E-state index contributed by atoms with van der Waals surface area (Å²) in [5.74, 6) is 0. The number of rotatable bonds is 17. The lowest BCUT2D eigenvalue weighted by atomic mass is 10.2. The minimum absolute atomic E-state index is 0.0182. The van der Waals surface area contributed by atoms with Crippen LogP contribution in [0.1, 0.15) is 11.1 Å². The van der Waals surface area contributed by atoms with Gasteiger partial charge in [-0.1, -0.05) is 35.4 Å². The van der Waals surface area contributed by atoms with Gasteiger partial charge in [0.2, 0.25) is 20.0 Å². The van der Waals surface area contributed by atoms with Crippen LogP contribution in [0, 0.1) is 13.8 Å². The Hall–Kier alpha value is -1.90. The van der Waals surface area contributed by atoms with Gasteiger partial charge in [-0.2, -0.15) is 8.61 Å². The molecule has 0 unspecified atom stereocenters. The second-order valence-corrected chi connectivity index (χ2v) is 12.0. The van der Waals surface area contributed by atoms with Crippen LogP contribution in [0.3, 0.4) is 0 Å². The largest absolute Gasteiger partial charge is 0.394 e. The molecule has 202 valence electrons. The summed E-state index contributed by atoms with van der Waals surface area (Å²) in [4.78, 5) is 0.184. The molecule has 0 fully saturated rings. The van der Waals surface area contributed by atoms with Crippen molar-refractivity contribution in [3.8, 4) is 0 Å². The molecule has 0 aliphatic heterocycles. The summed E-state index contributed by atoms with van der Waals surface area (Å²) in [6.07, 6.45) is 0. The average molecular weight is 545 g/mol. The van der Waals surface area contributed by atoms with Crippen LogP contribution in [0.25, 0.3) is 0 Å². The van der Waals surface area contributed by atoms with E-state index < -0.39 is 20.0 Å². The molecule has 10 nitrogen and oxygen atoms in total. The third-order valence-electron chi connectivity index (χ3n) is 5.36. The topological polar surface area (TPSA) is 134 Å². The van der Waals surface area contributed by atoms with Crippen LogP contribution in [0.4, 0.5) is 0 Å². The SMILES string of the molecule is Cc1ccc(S(=O)(=O)N(CCOCCO)CCN(CCOCCO)S(=O)(=O)c2ccc(C)cc2)cc1. The number of aliphatic hydroxyl groups excluding tert-OH is 2. The highest BCUT2D eigenvalue weighted by Gasteiger charge is 2.29. The molecule has 2 aromatic carbocycles. The lowest BCUT2D eigenvalue weighted by Gasteiger charge is -2.27. The van der Waals surface area contributed by atoms with Crippen LogP contribution < -0.4 is 0 Å². The zero-order valence-electron chi connectivity index (χ0n) is 20.7. The van der Waals surface area contributed by atoms with Gasteiger partial charge in [0.15, 0.2) is 0 Å². The number of aryl methyl sites for hydroxylation is 2. The first-order valence-corrected chi connectivity index (χ1v) is 14.5. The lowest BCUT2D eigenvalue weighted by Crippen LogP contribution is -2.43. The maximum absolute atomic E-state index is 13.4. The normalized spacial score (nSPS) is 12.5. The molecule has 2 rings (SSSR count). The highest BCUT2D eigenvalue weighted by molar-refractivity contribution is 7.89. The fourth-order valence-electron chi connectivity index (χ4n) is 3.31. The Balaban J connectivity index is 2.28. The summed E-state index contributed by atoms with van der Waals surface area (Å²) in [5.41, 5.74) is 1.81. The quantitative estimate of drug-likeness (QED) is 0.282. The van der Waals surface area contributed by atoms with Crippen LogP contribution in [-0.4, -0.2) is 101 Å². The molecule has 36 heavy (non-hydrogen) atoms. The minimum Gasteiger partial charge on any atom is -0.394 e. The Kier molecular flexibility index (Phi) is 12.4. The van der Waals surface area contributed by atoms with E-state index in [4.69, 9.17) is 19.7 Å². The van der Waals surface area contributed by atoms with Crippen molar-refractivity contribution in [2.45, 2.75) is 23.6 Å². The Labute approximate surface area is 214 Å². The summed E-state index contributed by atoms with van der Waals surface area (Å²) in [6.45, 7) is 3.24. The summed E-state index contributed by atoms with van der Waals surface area (Å²) >= 11 is 0. The Morgan fingerprint density at radius 3 is 1.22 bits per heavy atom. The van der Waals surface area contributed by atoms with Gasteiger partial charge < -0.3 is 19.7 Å². The molecule has 0 aromatic heterocycles. The number of aliphatic hydroxyl groups is 2. The van der Waals surface area contributed by atoms with Crippen LogP contribution in [0.5, 0.6) is 0 Å². The zero-order chi connectivity index (χ0) is 26.6. The molecule has 0 heterocycles. The van der Waals surface area contributed by atoms with E-state index >= 15 is 0 Å². The molecule has 12 heteroatoms. The molecule has 0 spiro atoms. The molecule has 0 aliphatic carbocycles. The van der Waals surface area contributed by atoms with E-state index in [1.807, 2.05) is 13.8 Å². The Bertz CT molecular complexity index is 1030. The number of ether oxygens (including phenoxy) is 2. The lowest BCUT2D eigenvalue weighted by molar-refractivity contribution is 0.0807. The maximum atomic E-state index is 13.4. The van der Waals surface area contributed by atoms with Crippen molar-refractivity contribution in [3.63, 3.8) is 0 Å². The van der Waals surface area contributed by atoms with Crippen molar-refractivity contribution in [2.24, 2.45) is 0 Å². The van der Waals surface area contributed by atoms with Gasteiger partial charge in [0.05, 0.1) is 49.4 Å². The van der Waals surface area contributed by atoms with Crippen molar-refractivity contribution in [2.75, 3.05) is 65.8 Å². The van der Waals surface area contributed by atoms with E-state index in [2.05, 4.69) is 0 Å². The van der Waals surface area contributed by atoms with Crippen molar-refractivity contribution in [1.82, 2.24) is 8.61 Å².